The minimum absolute atomic E-state index is 0.619. The van der Waals surface area contributed by atoms with Crippen molar-refractivity contribution in [3.05, 3.63) is 127 Å². The van der Waals surface area contributed by atoms with Gasteiger partial charge in [-0.15, -0.1) is 0 Å². The molecule has 2 aromatic heterocycles. The highest BCUT2D eigenvalue weighted by atomic mass is 16.3. The minimum atomic E-state index is 0.619. The summed E-state index contributed by atoms with van der Waals surface area (Å²) in [6.45, 7) is 0. The molecule has 2 heterocycles. The van der Waals surface area contributed by atoms with E-state index in [0.29, 0.717) is 17.5 Å². The van der Waals surface area contributed by atoms with Crippen molar-refractivity contribution in [3.8, 4) is 45.3 Å². The molecule has 174 valence electrons. The normalized spacial score (nSPS) is 11.2. The standard InChI is InChI=1S/C33H21N3O/c1-4-11-22(12-5-1)25-19-20-26-29(21-25)37-28-18-10-17-27(30(26)28)33-35-31(23-13-6-2-7-14-23)34-32(36-33)24-15-8-3-9-16-24/h1-21H. The van der Waals surface area contributed by atoms with Crippen LogP contribution in [0.2, 0.25) is 0 Å². The predicted octanol–water partition coefficient (Wildman–Crippen LogP) is 8.44. The van der Waals surface area contributed by atoms with E-state index < -0.39 is 0 Å². The van der Waals surface area contributed by atoms with E-state index in [1.54, 1.807) is 0 Å². The van der Waals surface area contributed by atoms with Gasteiger partial charge in [-0.1, -0.05) is 109 Å². The van der Waals surface area contributed by atoms with Gasteiger partial charge in [-0.05, 0) is 29.3 Å². The lowest BCUT2D eigenvalue weighted by Crippen LogP contribution is -2.00. The molecular weight excluding hydrogens is 454 g/mol. The van der Waals surface area contributed by atoms with Crippen molar-refractivity contribution >= 4 is 21.9 Å². The summed E-state index contributed by atoms with van der Waals surface area (Å²) in [4.78, 5) is 14.7. The SMILES string of the molecule is c1ccc(-c2ccc3c(c2)oc2cccc(-c4nc(-c5ccccc5)nc(-c5ccccc5)n4)c23)cc1. The molecule has 0 fully saturated rings. The van der Waals surface area contributed by atoms with Crippen molar-refractivity contribution in [1.82, 2.24) is 15.0 Å². The van der Waals surface area contributed by atoms with Crippen LogP contribution < -0.4 is 0 Å². The Kier molecular flexibility index (Phi) is 5.07. The summed E-state index contributed by atoms with van der Waals surface area (Å²) in [5.41, 5.74) is 6.72. The summed E-state index contributed by atoms with van der Waals surface area (Å²) >= 11 is 0. The van der Waals surface area contributed by atoms with Crippen LogP contribution in [0.15, 0.2) is 132 Å². The summed E-state index contributed by atoms with van der Waals surface area (Å²) in [7, 11) is 0. The Morgan fingerprint density at radius 2 is 0.973 bits per heavy atom. The highest BCUT2D eigenvalue weighted by Gasteiger charge is 2.18. The molecule has 0 atom stereocenters. The number of fused-ring (bicyclic) bond motifs is 3. The Morgan fingerprint density at radius 3 is 1.59 bits per heavy atom. The summed E-state index contributed by atoms with van der Waals surface area (Å²) in [6, 6.07) is 42.8. The van der Waals surface area contributed by atoms with Crippen LogP contribution in [-0.4, -0.2) is 15.0 Å². The van der Waals surface area contributed by atoms with Gasteiger partial charge in [0.25, 0.3) is 0 Å². The molecule has 0 bridgehead atoms. The van der Waals surface area contributed by atoms with E-state index in [4.69, 9.17) is 19.4 Å². The van der Waals surface area contributed by atoms with Gasteiger partial charge in [-0.25, -0.2) is 15.0 Å². The highest BCUT2D eigenvalue weighted by molar-refractivity contribution is 6.12. The van der Waals surface area contributed by atoms with E-state index in [1.807, 2.05) is 91.0 Å². The van der Waals surface area contributed by atoms with E-state index in [1.165, 1.54) is 0 Å². The molecule has 7 rings (SSSR count). The Morgan fingerprint density at radius 1 is 0.405 bits per heavy atom. The second-order valence-electron chi connectivity index (χ2n) is 8.90. The monoisotopic (exact) mass is 475 g/mol. The highest BCUT2D eigenvalue weighted by Crippen LogP contribution is 2.38. The zero-order valence-corrected chi connectivity index (χ0v) is 19.9. The van der Waals surface area contributed by atoms with Crippen LogP contribution in [-0.2, 0) is 0 Å². The molecule has 0 saturated heterocycles. The zero-order valence-electron chi connectivity index (χ0n) is 19.9. The summed E-state index contributed by atoms with van der Waals surface area (Å²) in [6.07, 6.45) is 0. The molecule has 5 aromatic carbocycles. The molecule has 7 aromatic rings. The van der Waals surface area contributed by atoms with Gasteiger partial charge < -0.3 is 4.42 Å². The van der Waals surface area contributed by atoms with Crippen LogP contribution in [0.1, 0.15) is 0 Å². The molecule has 0 aliphatic heterocycles. The molecule has 0 unspecified atom stereocenters. The topological polar surface area (TPSA) is 51.8 Å². The molecule has 37 heavy (non-hydrogen) atoms. The van der Waals surface area contributed by atoms with Crippen molar-refractivity contribution < 1.29 is 4.42 Å². The van der Waals surface area contributed by atoms with Crippen molar-refractivity contribution in [2.24, 2.45) is 0 Å². The molecule has 0 saturated carbocycles. The number of aromatic nitrogens is 3. The molecule has 0 radical (unpaired) electrons. The number of hydrogen-bond donors (Lipinski definition) is 0. The smallest absolute Gasteiger partial charge is 0.164 e. The number of nitrogens with zero attached hydrogens (tertiary/aromatic N) is 3. The van der Waals surface area contributed by atoms with Gasteiger partial charge >= 0.3 is 0 Å². The predicted molar refractivity (Wildman–Crippen MR) is 149 cm³/mol. The molecule has 0 aliphatic rings. The fourth-order valence-electron chi connectivity index (χ4n) is 4.75. The number of benzene rings is 5. The lowest BCUT2D eigenvalue weighted by molar-refractivity contribution is 0.669. The first-order chi connectivity index (χ1) is 18.3. The molecule has 0 aliphatic carbocycles. The minimum Gasteiger partial charge on any atom is -0.456 e. The van der Waals surface area contributed by atoms with E-state index in [9.17, 15) is 0 Å². The Bertz CT molecular complexity index is 1800. The van der Waals surface area contributed by atoms with Gasteiger partial charge in [0.1, 0.15) is 11.2 Å². The van der Waals surface area contributed by atoms with Gasteiger partial charge in [0.05, 0.1) is 0 Å². The maximum absolute atomic E-state index is 6.34. The third-order valence-corrected chi connectivity index (χ3v) is 6.54. The zero-order chi connectivity index (χ0) is 24.6. The van der Waals surface area contributed by atoms with Crippen molar-refractivity contribution in [2.75, 3.05) is 0 Å². The number of hydrogen-bond acceptors (Lipinski definition) is 4. The Balaban J connectivity index is 1.45. The first kappa shape index (κ1) is 21.2. The number of furan rings is 1. The van der Waals surface area contributed by atoms with Crippen molar-refractivity contribution in [2.45, 2.75) is 0 Å². The van der Waals surface area contributed by atoms with Gasteiger partial charge in [-0.2, -0.15) is 0 Å². The molecule has 0 spiro atoms. The second-order valence-corrected chi connectivity index (χ2v) is 8.90. The Hall–Kier alpha value is -5.09. The van der Waals surface area contributed by atoms with E-state index in [2.05, 4.69) is 36.4 Å². The van der Waals surface area contributed by atoms with Gasteiger partial charge in [0, 0.05) is 27.5 Å². The largest absolute Gasteiger partial charge is 0.456 e. The summed E-state index contributed by atoms with van der Waals surface area (Å²) < 4.78 is 6.34. The van der Waals surface area contributed by atoms with Crippen LogP contribution in [0.4, 0.5) is 0 Å². The van der Waals surface area contributed by atoms with Crippen LogP contribution in [0.5, 0.6) is 0 Å². The average Bonchev–Trinajstić information content (AvgIpc) is 3.36. The van der Waals surface area contributed by atoms with Crippen molar-refractivity contribution in [3.63, 3.8) is 0 Å². The van der Waals surface area contributed by atoms with E-state index in [0.717, 1.165) is 49.8 Å². The maximum atomic E-state index is 6.34. The lowest BCUT2D eigenvalue weighted by Gasteiger charge is -2.09. The first-order valence-corrected chi connectivity index (χ1v) is 12.2. The first-order valence-electron chi connectivity index (χ1n) is 12.2. The lowest BCUT2D eigenvalue weighted by atomic mass is 10.0. The van der Waals surface area contributed by atoms with Crippen LogP contribution >= 0.6 is 0 Å². The number of rotatable bonds is 4. The molecule has 4 nitrogen and oxygen atoms in total. The van der Waals surface area contributed by atoms with E-state index >= 15 is 0 Å². The summed E-state index contributed by atoms with van der Waals surface area (Å²) in [5.74, 6) is 1.90. The molecule has 0 amide bonds. The van der Waals surface area contributed by atoms with Crippen molar-refractivity contribution in [1.29, 1.82) is 0 Å². The average molecular weight is 476 g/mol. The van der Waals surface area contributed by atoms with Gasteiger partial charge in [0.15, 0.2) is 17.5 Å². The maximum Gasteiger partial charge on any atom is 0.164 e. The molecule has 0 N–H and O–H groups in total. The van der Waals surface area contributed by atoms with Crippen LogP contribution in [0.25, 0.3) is 67.2 Å². The second kappa shape index (κ2) is 8.85. The molecule has 4 heteroatoms. The summed E-state index contributed by atoms with van der Waals surface area (Å²) in [5, 5.41) is 2.04. The fraction of sp³-hybridized carbons (Fsp3) is 0. The molecular formula is C33H21N3O. The Labute approximate surface area is 213 Å². The quantitative estimate of drug-likeness (QED) is 0.256. The third kappa shape index (κ3) is 3.85. The van der Waals surface area contributed by atoms with Crippen LogP contribution in [0.3, 0.4) is 0 Å². The van der Waals surface area contributed by atoms with Gasteiger partial charge in [-0.3, -0.25) is 0 Å². The third-order valence-electron chi connectivity index (χ3n) is 6.54. The van der Waals surface area contributed by atoms with Crippen LogP contribution in [0, 0.1) is 0 Å². The van der Waals surface area contributed by atoms with Gasteiger partial charge in [0.2, 0.25) is 0 Å². The van der Waals surface area contributed by atoms with E-state index in [-0.39, 0.29) is 0 Å². The fourth-order valence-corrected chi connectivity index (χ4v) is 4.75.